The Balaban J connectivity index is 4.48. The van der Waals surface area contributed by atoms with Gasteiger partial charge in [0.2, 0.25) is 0 Å². The molecule has 1 atom stereocenters. The smallest absolute Gasteiger partial charge is 0.335 e. The zero-order valence-corrected chi connectivity index (χ0v) is 13.5. The van der Waals surface area contributed by atoms with E-state index in [1.807, 2.05) is 13.8 Å². The van der Waals surface area contributed by atoms with Gasteiger partial charge in [-0.05, 0) is 31.7 Å². The van der Waals surface area contributed by atoms with E-state index in [1.54, 1.807) is 11.4 Å². The van der Waals surface area contributed by atoms with Crippen LogP contribution in [0.25, 0.3) is 0 Å². The fourth-order valence-electron chi connectivity index (χ4n) is 1.13. The lowest BCUT2D eigenvalue weighted by molar-refractivity contribution is 0.228. The highest BCUT2D eigenvalue weighted by molar-refractivity contribution is 7.97. The lowest BCUT2D eigenvalue weighted by Gasteiger charge is -2.17. The number of hydrogen-bond acceptors (Lipinski definition) is 4. The van der Waals surface area contributed by atoms with E-state index in [0.29, 0.717) is 12.6 Å². The van der Waals surface area contributed by atoms with Gasteiger partial charge in [0.25, 0.3) is 6.02 Å². The fraction of sp³-hybridized carbons (Fsp3) is 0.846. The van der Waals surface area contributed by atoms with Crippen molar-refractivity contribution in [3.8, 4) is 0 Å². The Morgan fingerprint density at radius 3 is 2.63 bits per heavy atom. The summed E-state index contributed by atoms with van der Waals surface area (Å²) < 4.78 is 7.09. The standard InChI is InChI=1S/C13H27N3O2S/c1-6-9-10-18-12(14-11(4)7-2)15-13(17)16(5)19-8-3/h11H,6-10H2,1-5H3,(H,14,15,17). The van der Waals surface area contributed by atoms with E-state index in [-0.39, 0.29) is 12.1 Å². The highest BCUT2D eigenvalue weighted by Crippen LogP contribution is 2.05. The maximum Gasteiger partial charge on any atom is 0.335 e. The molecule has 1 unspecified atom stereocenters. The van der Waals surface area contributed by atoms with Crippen LogP contribution in [0, 0.1) is 0 Å². The molecule has 0 aliphatic heterocycles. The van der Waals surface area contributed by atoms with Gasteiger partial charge < -0.3 is 4.74 Å². The minimum atomic E-state index is -0.203. The quantitative estimate of drug-likeness (QED) is 0.339. The minimum Gasteiger partial charge on any atom is -0.465 e. The summed E-state index contributed by atoms with van der Waals surface area (Å²) in [5.74, 6) is 0.846. The molecule has 2 amide bonds. The van der Waals surface area contributed by atoms with Crippen molar-refractivity contribution in [1.29, 1.82) is 0 Å². The molecular formula is C13H27N3O2S. The molecule has 0 spiro atoms. The first kappa shape index (κ1) is 18.1. The summed E-state index contributed by atoms with van der Waals surface area (Å²) in [6.07, 6.45) is 2.92. The number of amidine groups is 1. The number of amides is 2. The normalized spacial score (nSPS) is 13.0. The molecule has 6 heteroatoms. The van der Waals surface area contributed by atoms with Crippen molar-refractivity contribution < 1.29 is 9.53 Å². The summed E-state index contributed by atoms with van der Waals surface area (Å²) in [6, 6.07) is 0.266. The Morgan fingerprint density at radius 1 is 1.42 bits per heavy atom. The molecule has 0 fully saturated rings. The van der Waals surface area contributed by atoms with Crippen LogP contribution in [0.5, 0.6) is 0 Å². The molecule has 0 bridgehead atoms. The van der Waals surface area contributed by atoms with Gasteiger partial charge in [-0.25, -0.2) is 9.79 Å². The first-order valence-corrected chi connectivity index (χ1v) is 7.87. The summed E-state index contributed by atoms with van der Waals surface area (Å²) in [7, 11) is 1.73. The number of unbranched alkanes of at least 4 members (excludes halogenated alkanes) is 1. The summed E-state index contributed by atoms with van der Waals surface area (Å²) in [5.41, 5.74) is 0. The molecule has 0 saturated carbocycles. The van der Waals surface area contributed by atoms with Crippen LogP contribution >= 0.6 is 11.9 Å². The number of carbonyl (C=O) groups is 1. The van der Waals surface area contributed by atoms with Gasteiger partial charge in [0.15, 0.2) is 0 Å². The zero-order chi connectivity index (χ0) is 14.7. The van der Waals surface area contributed by atoms with Crippen molar-refractivity contribution in [3.05, 3.63) is 0 Å². The Bertz CT molecular complexity index is 285. The average Bonchev–Trinajstić information content (AvgIpc) is 2.38. The number of ether oxygens (including phenoxy) is 1. The molecule has 0 rings (SSSR count). The van der Waals surface area contributed by atoms with Crippen LogP contribution in [0.4, 0.5) is 4.79 Å². The first-order valence-electron chi connectivity index (χ1n) is 6.93. The van der Waals surface area contributed by atoms with Gasteiger partial charge in [-0.1, -0.05) is 27.2 Å². The molecule has 0 aliphatic rings. The van der Waals surface area contributed by atoms with Gasteiger partial charge in [-0.3, -0.25) is 9.62 Å². The second kappa shape index (κ2) is 11.0. The number of carbonyl (C=O) groups excluding carboxylic acids is 1. The number of aliphatic imine (C=N–C) groups is 1. The molecule has 1 N–H and O–H groups in total. The molecule has 0 aromatic carbocycles. The zero-order valence-electron chi connectivity index (χ0n) is 12.7. The summed E-state index contributed by atoms with van der Waals surface area (Å²) in [6.45, 7) is 8.73. The highest BCUT2D eigenvalue weighted by atomic mass is 32.2. The van der Waals surface area contributed by atoms with E-state index in [9.17, 15) is 4.79 Å². The van der Waals surface area contributed by atoms with E-state index in [2.05, 4.69) is 24.2 Å². The van der Waals surface area contributed by atoms with Crippen molar-refractivity contribution in [1.82, 2.24) is 9.62 Å². The third-order valence-electron chi connectivity index (χ3n) is 2.49. The van der Waals surface area contributed by atoms with Gasteiger partial charge >= 0.3 is 6.03 Å². The monoisotopic (exact) mass is 289 g/mol. The van der Waals surface area contributed by atoms with Crippen LogP contribution in [0.1, 0.15) is 47.0 Å². The molecule has 0 aromatic heterocycles. The number of nitrogens with zero attached hydrogens (tertiary/aromatic N) is 2. The lowest BCUT2D eigenvalue weighted by atomic mass is 10.3. The molecule has 0 aromatic rings. The van der Waals surface area contributed by atoms with Crippen molar-refractivity contribution in [2.75, 3.05) is 19.4 Å². The molecule has 19 heavy (non-hydrogen) atoms. The van der Waals surface area contributed by atoms with Crippen molar-refractivity contribution in [2.24, 2.45) is 4.99 Å². The Kier molecular flexibility index (Phi) is 10.4. The fourth-order valence-corrected chi connectivity index (χ4v) is 1.68. The van der Waals surface area contributed by atoms with Gasteiger partial charge in [-0.15, -0.1) is 0 Å². The molecule has 0 aliphatic carbocycles. The van der Waals surface area contributed by atoms with Crippen LogP contribution in [0.2, 0.25) is 0 Å². The van der Waals surface area contributed by atoms with Crippen LogP contribution < -0.4 is 5.32 Å². The van der Waals surface area contributed by atoms with Crippen molar-refractivity contribution in [2.45, 2.75) is 53.0 Å². The van der Waals surface area contributed by atoms with Gasteiger partial charge in [0.05, 0.1) is 12.6 Å². The van der Waals surface area contributed by atoms with Gasteiger partial charge in [0, 0.05) is 12.8 Å². The Hall–Kier alpha value is -0.910. The van der Waals surface area contributed by atoms with Crippen LogP contribution in [-0.2, 0) is 4.74 Å². The second-order valence-electron chi connectivity index (χ2n) is 4.24. The number of hydrogen-bond donors (Lipinski definition) is 1. The molecule has 0 saturated heterocycles. The average molecular weight is 289 g/mol. The topological polar surface area (TPSA) is 53.9 Å². The predicted octanol–water partition coefficient (Wildman–Crippen LogP) is 3.27. The molecule has 0 heterocycles. The third-order valence-corrected chi connectivity index (χ3v) is 3.30. The second-order valence-corrected chi connectivity index (χ2v) is 5.62. The maximum absolute atomic E-state index is 11.9. The van der Waals surface area contributed by atoms with E-state index in [1.165, 1.54) is 11.9 Å². The molecule has 0 radical (unpaired) electrons. The van der Waals surface area contributed by atoms with E-state index in [4.69, 9.17) is 4.74 Å². The highest BCUT2D eigenvalue weighted by Gasteiger charge is 2.13. The SMILES string of the molecule is CCCCOC(=NC(C)CC)NC(=O)N(C)SCC. The van der Waals surface area contributed by atoms with E-state index in [0.717, 1.165) is 25.0 Å². The number of rotatable bonds is 7. The predicted molar refractivity (Wildman–Crippen MR) is 82.5 cm³/mol. The maximum atomic E-state index is 11.9. The Labute approximate surface area is 121 Å². The van der Waals surface area contributed by atoms with E-state index >= 15 is 0 Å². The minimum absolute atomic E-state index is 0.140. The molecule has 112 valence electrons. The van der Waals surface area contributed by atoms with Crippen molar-refractivity contribution >= 4 is 24.0 Å². The van der Waals surface area contributed by atoms with Crippen LogP contribution in [0.15, 0.2) is 4.99 Å². The van der Waals surface area contributed by atoms with E-state index < -0.39 is 0 Å². The van der Waals surface area contributed by atoms with Crippen molar-refractivity contribution in [3.63, 3.8) is 0 Å². The Morgan fingerprint density at radius 2 is 2.11 bits per heavy atom. The molecular weight excluding hydrogens is 262 g/mol. The molecule has 5 nitrogen and oxygen atoms in total. The van der Waals surface area contributed by atoms with Crippen LogP contribution in [0.3, 0.4) is 0 Å². The number of urea groups is 1. The lowest BCUT2D eigenvalue weighted by Crippen LogP contribution is -2.39. The number of nitrogens with one attached hydrogen (secondary N) is 1. The van der Waals surface area contributed by atoms with Gasteiger partial charge in [-0.2, -0.15) is 0 Å². The third kappa shape index (κ3) is 8.75. The van der Waals surface area contributed by atoms with Crippen LogP contribution in [-0.4, -0.2) is 41.8 Å². The first-order chi connectivity index (χ1) is 9.04. The van der Waals surface area contributed by atoms with Gasteiger partial charge in [0.1, 0.15) is 0 Å². The summed E-state index contributed by atoms with van der Waals surface area (Å²) in [4.78, 5) is 16.3. The largest absolute Gasteiger partial charge is 0.465 e. The summed E-state index contributed by atoms with van der Waals surface area (Å²) in [5, 5.41) is 2.72. The summed E-state index contributed by atoms with van der Waals surface area (Å²) >= 11 is 1.45.